The van der Waals surface area contributed by atoms with Crippen LogP contribution in [0.5, 0.6) is 0 Å². The van der Waals surface area contributed by atoms with Gasteiger partial charge in [-0.1, -0.05) is 67.6 Å². The molecule has 0 aliphatic rings. The van der Waals surface area contributed by atoms with E-state index in [1.165, 1.54) is 31.1 Å². The Morgan fingerprint density at radius 2 is 1.45 bits per heavy atom. The van der Waals surface area contributed by atoms with Gasteiger partial charge in [0.15, 0.2) is 0 Å². The molecule has 3 rings (SSSR count). The van der Waals surface area contributed by atoms with E-state index in [1.807, 2.05) is 44.2 Å². The van der Waals surface area contributed by atoms with E-state index in [0.29, 0.717) is 17.7 Å². The molecule has 2 atom stereocenters. The highest BCUT2D eigenvalue weighted by atomic mass is 32.2. The maximum atomic E-state index is 14.1. The van der Waals surface area contributed by atoms with Crippen LogP contribution in [0, 0.1) is 5.82 Å². The number of nitrogens with zero attached hydrogens (tertiary/aromatic N) is 3. The minimum absolute atomic E-state index is 0.0187. The van der Waals surface area contributed by atoms with Gasteiger partial charge < -0.3 is 10.2 Å². The van der Waals surface area contributed by atoms with Crippen molar-refractivity contribution >= 4 is 27.7 Å². The van der Waals surface area contributed by atoms with Gasteiger partial charge in [0.2, 0.25) is 11.8 Å². The van der Waals surface area contributed by atoms with Gasteiger partial charge in [-0.2, -0.15) is 12.7 Å². The minimum atomic E-state index is -4.06. The van der Waals surface area contributed by atoms with Crippen molar-refractivity contribution in [3.8, 4) is 0 Å². The summed E-state index contributed by atoms with van der Waals surface area (Å²) in [6.45, 7) is 3.27. The molecule has 0 radical (unpaired) electrons. The summed E-state index contributed by atoms with van der Waals surface area (Å²) in [6, 6.07) is 22.2. The van der Waals surface area contributed by atoms with Crippen LogP contribution < -0.4 is 9.62 Å². The van der Waals surface area contributed by atoms with Gasteiger partial charge in [-0.05, 0) is 48.7 Å². The first kappa shape index (κ1) is 30.8. The highest BCUT2D eigenvalue weighted by Gasteiger charge is 2.35. The quantitative estimate of drug-likeness (QED) is 0.338. The highest BCUT2D eigenvalue weighted by Crippen LogP contribution is 2.21. The maximum Gasteiger partial charge on any atom is 0.304 e. The third kappa shape index (κ3) is 8.12. The molecule has 40 heavy (non-hydrogen) atoms. The topological polar surface area (TPSA) is 90.0 Å². The van der Waals surface area contributed by atoms with Gasteiger partial charge in [-0.3, -0.25) is 9.59 Å². The number of carbonyl (C=O) groups is 2. The largest absolute Gasteiger partial charge is 0.352 e. The number of hydrogen-bond donors (Lipinski definition) is 1. The summed E-state index contributed by atoms with van der Waals surface area (Å²) in [5.74, 6) is -1.35. The van der Waals surface area contributed by atoms with E-state index in [2.05, 4.69) is 5.32 Å². The number of hydrogen-bond acceptors (Lipinski definition) is 4. The lowest BCUT2D eigenvalue weighted by molar-refractivity contribution is -0.140. The van der Waals surface area contributed by atoms with Crippen LogP contribution >= 0.6 is 0 Å². The number of benzene rings is 3. The third-order valence-electron chi connectivity index (χ3n) is 6.60. The maximum absolute atomic E-state index is 14.1. The molecule has 0 aliphatic carbocycles. The number of amides is 2. The van der Waals surface area contributed by atoms with E-state index in [9.17, 15) is 22.4 Å². The van der Waals surface area contributed by atoms with Gasteiger partial charge >= 0.3 is 10.2 Å². The summed E-state index contributed by atoms with van der Waals surface area (Å²) < 4.78 is 42.4. The Hall–Kier alpha value is -3.76. The molecular weight excluding hydrogens is 531 g/mol. The van der Waals surface area contributed by atoms with Crippen molar-refractivity contribution in [1.29, 1.82) is 0 Å². The molecule has 0 fully saturated rings. The lowest BCUT2D eigenvalue weighted by atomic mass is 10.0. The molecule has 10 heteroatoms. The first-order valence-electron chi connectivity index (χ1n) is 13.2. The number of rotatable bonds is 13. The van der Waals surface area contributed by atoms with Crippen molar-refractivity contribution in [2.75, 3.05) is 24.9 Å². The summed E-state index contributed by atoms with van der Waals surface area (Å²) in [7, 11) is -1.27. The van der Waals surface area contributed by atoms with E-state index in [-0.39, 0.29) is 24.9 Å². The van der Waals surface area contributed by atoms with E-state index in [1.54, 1.807) is 42.5 Å². The predicted octanol–water partition coefficient (Wildman–Crippen LogP) is 3.99. The standard InChI is InChI=1S/C30H37FN4O4S/c1-5-23(2)32-30(37)28(20-24-12-8-6-9-13-24)34(21-25-16-18-26(31)19-17-25)29(36)22-35(40(38,39)33(3)4)27-14-10-7-11-15-27/h6-19,23,28H,5,20-22H2,1-4H3,(H,32,37)/t23-,28-/m1/s1. The molecule has 8 nitrogen and oxygen atoms in total. The van der Waals surface area contributed by atoms with Crippen molar-refractivity contribution in [3.05, 3.63) is 102 Å². The van der Waals surface area contributed by atoms with Crippen molar-refractivity contribution in [1.82, 2.24) is 14.5 Å². The molecule has 0 aromatic heterocycles. The molecule has 0 aliphatic heterocycles. The van der Waals surface area contributed by atoms with E-state index in [0.717, 1.165) is 14.2 Å². The predicted molar refractivity (Wildman–Crippen MR) is 155 cm³/mol. The molecule has 0 saturated carbocycles. The molecule has 0 spiro atoms. The minimum Gasteiger partial charge on any atom is -0.352 e. The second-order valence-electron chi connectivity index (χ2n) is 9.80. The van der Waals surface area contributed by atoms with Crippen molar-refractivity contribution in [3.63, 3.8) is 0 Å². The smallest absolute Gasteiger partial charge is 0.304 e. The van der Waals surface area contributed by atoms with Crippen LogP contribution in [0.3, 0.4) is 0 Å². The lowest BCUT2D eigenvalue weighted by Crippen LogP contribution is -2.55. The summed E-state index contributed by atoms with van der Waals surface area (Å²) in [6.07, 6.45) is 0.903. The summed E-state index contributed by atoms with van der Waals surface area (Å²) in [5.41, 5.74) is 1.75. The number of carbonyl (C=O) groups excluding carboxylic acids is 2. The zero-order valence-corrected chi connectivity index (χ0v) is 24.1. The Kier molecular flexibility index (Phi) is 10.8. The average Bonchev–Trinajstić information content (AvgIpc) is 2.95. The Bertz CT molecular complexity index is 1350. The number of para-hydroxylation sites is 1. The Labute approximate surface area is 236 Å². The van der Waals surface area contributed by atoms with Gasteiger partial charge in [0.1, 0.15) is 18.4 Å². The van der Waals surface area contributed by atoms with Gasteiger partial charge in [-0.25, -0.2) is 8.70 Å². The Morgan fingerprint density at radius 1 is 0.875 bits per heavy atom. The zero-order chi connectivity index (χ0) is 29.3. The van der Waals surface area contributed by atoms with Crippen LogP contribution in [-0.4, -0.2) is 62.2 Å². The normalized spacial score (nSPS) is 12.9. The summed E-state index contributed by atoms with van der Waals surface area (Å²) in [5, 5.41) is 2.98. The molecule has 0 heterocycles. The fourth-order valence-corrected chi connectivity index (χ4v) is 5.15. The molecule has 3 aromatic carbocycles. The fraction of sp³-hybridized carbons (Fsp3) is 0.333. The van der Waals surface area contributed by atoms with Crippen molar-refractivity contribution in [2.24, 2.45) is 0 Å². The lowest BCUT2D eigenvalue weighted by Gasteiger charge is -2.34. The second kappa shape index (κ2) is 14.0. The van der Waals surface area contributed by atoms with Gasteiger partial charge in [0, 0.05) is 33.1 Å². The number of nitrogens with one attached hydrogen (secondary N) is 1. The highest BCUT2D eigenvalue weighted by molar-refractivity contribution is 7.90. The number of anilines is 1. The molecule has 0 unspecified atom stereocenters. The first-order valence-corrected chi connectivity index (χ1v) is 14.6. The van der Waals surface area contributed by atoms with Gasteiger partial charge in [0.25, 0.3) is 0 Å². The third-order valence-corrected chi connectivity index (χ3v) is 8.42. The SMILES string of the molecule is CC[C@@H](C)NC(=O)[C@@H](Cc1ccccc1)N(Cc1ccc(F)cc1)C(=O)CN(c1ccccc1)S(=O)(=O)N(C)C. The Balaban J connectivity index is 2.07. The van der Waals surface area contributed by atoms with E-state index in [4.69, 9.17) is 0 Å². The average molecular weight is 569 g/mol. The van der Waals surface area contributed by atoms with E-state index >= 15 is 0 Å². The zero-order valence-electron chi connectivity index (χ0n) is 23.3. The summed E-state index contributed by atoms with van der Waals surface area (Å²) >= 11 is 0. The molecule has 0 bridgehead atoms. The molecule has 1 N–H and O–H groups in total. The van der Waals surface area contributed by atoms with E-state index < -0.39 is 34.5 Å². The molecule has 2 amide bonds. The van der Waals surface area contributed by atoms with Crippen LogP contribution in [0.15, 0.2) is 84.9 Å². The molecule has 214 valence electrons. The first-order chi connectivity index (χ1) is 19.0. The van der Waals surface area contributed by atoms with Gasteiger partial charge in [0.05, 0.1) is 5.69 Å². The van der Waals surface area contributed by atoms with Crippen molar-refractivity contribution in [2.45, 2.75) is 45.3 Å². The molecule has 3 aromatic rings. The fourth-order valence-electron chi connectivity index (χ4n) is 4.09. The van der Waals surface area contributed by atoms with Crippen LogP contribution in [0.4, 0.5) is 10.1 Å². The van der Waals surface area contributed by atoms with Crippen LogP contribution in [0.2, 0.25) is 0 Å². The van der Waals surface area contributed by atoms with Crippen molar-refractivity contribution < 1.29 is 22.4 Å². The number of halogens is 1. The molecule has 0 saturated heterocycles. The van der Waals surface area contributed by atoms with Gasteiger partial charge in [-0.15, -0.1) is 0 Å². The Morgan fingerprint density at radius 3 is 2.00 bits per heavy atom. The second-order valence-corrected chi connectivity index (χ2v) is 11.9. The molecular formula is C30H37FN4O4S. The monoisotopic (exact) mass is 568 g/mol. The summed E-state index contributed by atoms with van der Waals surface area (Å²) in [4.78, 5) is 29.2. The van der Waals surface area contributed by atoms with Crippen LogP contribution in [-0.2, 0) is 32.8 Å². The van der Waals surface area contributed by atoms with Crippen LogP contribution in [0.25, 0.3) is 0 Å². The van der Waals surface area contributed by atoms with Crippen LogP contribution in [0.1, 0.15) is 31.4 Å².